The fourth-order valence-corrected chi connectivity index (χ4v) is 5.19. The summed E-state index contributed by atoms with van der Waals surface area (Å²) in [6.45, 7) is 7.59. The van der Waals surface area contributed by atoms with Crippen molar-refractivity contribution >= 4 is 17.1 Å². The zero-order valence-electron chi connectivity index (χ0n) is 16.6. The average molecular weight is 364 g/mol. The van der Waals surface area contributed by atoms with Crippen molar-refractivity contribution in [1.29, 1.82) is 0 Å². The molecular weight excluding hydrogens is 334 g/mol. The molecule has 142 valence electrons. The van der Waals surface area contributed by atoms with E-state index in [0.29, 0.717) is 5.92 Å². The van der Waals surface area contributed by atoms with Gasteiger partial charge in [0.1, 0.15) is 0 Å². The molecule has 0 radical (unpaired) electrons. The molecule has 1 aromatic heterocycles. The Morgan fingerprint density at radius 1 is 1.26 bits per heavy atom. The SMILES string of the molecule is Cc1cc2c3c(c1)c1c(n3CC(C3C=CN=CC3)OC(C)C2)CCN(C)C1. The monoisotopic (exact) mass is 363 g/mol. The lowest BCUT2D eigenvalue weighted by atomic mass is 9.95. The van der Waals surface area contributed by atoms with Gasteiger partial charge < -0.3 is 14.2 Å². The average Bonchev–Trinajstić information content (AvgIpc) is 2.93. The van der Waals surface area contributed by atoms with Crippen LogP contribution in [0.25, 0.3) is 10.9 Å². The second-order valence-corrected chi connectivity index (χ2v) is 8.61. The van der Waals surface area contributed by atoms with Crippen LogP contribution in [-0.2, 0) is 30.7 Å². The molecule has 2 aromatic rings. The number of aryl methyl sites for hydroxylation is 1. The third-order valence-electron chi connectivity index (χ3n) is 6.42. The quantitative estimate of drug-likeness (QED) is 0.770. The molecule has 4 heteroatoms. The lowest BCUT2D eigenvalue weighted by Crippen LogP contribution is -2.35. The van der Waals surface area contributed by atoms with E-state index in [-0.39, 0.29) is 12.2 Å². The van der Waals surface area contributed by atoms with Crippen LogP contribution in [0.2, 0.25) is 0 Å². The lowest BCUT2D eigenvalue weighted by molar-refractivity contribution is -0.0330. The lowest BCUT2D eigenvalue weighted by Gasteiger charge is -2.32. The summed E-state index contributed by atoms with van der Waals surface area (Å²) in [5.41, 5.74) is 7.36. The largest absolute Gasteiger partial charge is 0.372 e. The van der Waals surface area contributed by atoms with E-state index in [0.717, 1.165) is 38.9 Å². The maximum atomic E-state index is 6.60. The minimum absolute atomic E-state index is 0.205. The number of aliphatic imine (C=N–C) groups is 1. The molecule has 0 bridgehead atoms. The maximum absolute atomic E-state index is 6.60. The predicted molar refractivity (Wildman–Crippen MR) is 110 cm³/mol. The number of fused-ring (bicyclic) bond motifs is 3. The Morgan fingerprint density at radius 2 is 2.15 bits per heavy atom. The Bertz CT molecular complexity index is 939. The Morgan fingerprint density at radius 3 is 2.96 bits per heavy atom. The van der Waals surface area contributed by atoms with Crippen LogP contribution < -0.4 is 0 Å². The van der Waals surface area contributed by atoms with Crippen molar-refractivity contribution in [3.8, 4) is 0 Å². The van der Waals surface area contributed by atoms with E-state index >= 15 is 0 Å². The van der Waals surface area contributed by atoms with Gasteiger partial charge in [0.25, 0.3) is 0 Å². The molecule has 3 aliphatic rings. The zero-order chi connectivity index (χ0) is 18.5. The van der Waals surface area contributed by atoms with Gasteiger partial charge in [-0.1, -0.05) is 17.7 Å². The van der Waals surface area contributed by atoms with Gasteiger partial charge in [0.05, 0.1) is 17.7 Å². The van der Waals surface area contributed by atoms with Crippen molar-refractivity contribution in [2.45, 2.75) is 58.4 Å². The summed E-state index contributed by atoms with van der Waals surface area (Å²) in [5, 5.41) is 1.47. The Labute approximate surface area is 161 Å². The third kappa shape index (κ3) is 2.95. The highest BCUT2D eigenvalue weighted by Crippen LogP contribution is 2.37. The maximum Gasteiger partial charge on any atom is 0.0824 e. The smallest absolute Gasteiger partial charge is 0.0824 e. The molecule has 3 atom stereocenters. The molecule has 0 amide bonds. The normalized spacial score (nSPS) is 28.2. The van der Waals surface area contributed by atoms with E-state index in [4.69, 9.17) is 4.74 Å². The predicted octanol–water partition coefficient (Wildman–Crippen LogP) is 3.87. The number of hydrogen-bond donors (Lipinski definition) is 0. The van der Waals surface area contributed by atoms with Crippen molar-refractivity contribution in [2.75, 3.05) is 13.6 Å². The van der Waals surface area contributed by atoms with E-state index in [1.165, 1.54) is 33.3 Å². The van der Waals surface area contributed by atoms with E-state index < -0.39 is 0 Å². The molecule has 1 aromatic carbocycles. The highest BCUT2D eigenvalue weighted by atomic mass is 16.5. The Balaban J connectivity index is 1.68. The van der Waals surface area contributed by atoms with Gasteiger partial charge in [-0.2, -0.15) is 0 Å². The zero-order valence-corrected chi connectivity index (χ0v) is 16.6. The van der Waals surface area contributed by atoms with Crippen molar-refractivity contribution in [3.05, 3.63) is 46.8 Å². The molecule has 0 saturated carbocycles. The topological polar surface area (TPSA) is 29.8 Å². The Kier molecular flexibility index (Phi) is 4.21. The number of nitrogens with zero attached hydrogens (tertiary/aromatic N) is 3. The molecule has 5 rings (SSSR count). The molecular formula is C23H29N3O. The molecule has 0 N–H and O–H groups in total. The number of rotatable bonds is 1. The van der Waals surface area contributed by atoms with Crippen molar-refractivity contribution in [3.63, 3.8) is 0 Å². The van der Waals surface area contributed by atoms with Gasteiger partial charge in [0.2, 0.25) is 0 Å². The molecule has 3 aliphatic heterocycles. The van der Waals surface area contributed by atoms with Gasteiger partial charge in [-0.05, 0) is 44.5 Å². The van der Waals surface area contributed by atoms with Crippen LogP contribution in [0.5, 0.6) is 0 Å². The Hall–Kier alpha value is -1.91. The first kappa shape index (κ1) is 17.2. The first-order chi connectivity index (χ1) is 13.1. The number of aromatic nitrogens is 1. The van der Waals surface area contributed by atoms with Gasteiger partial charge >= 0.3 is 0 Å². The molecule has 27 heavy (non-hydrogen) atoms. The second kappa shape index (κ2) is 6.61. The standard InChI is InChI=1S/C23H29N3O/c1-15-10-18-12-16(2)27-22(17-4-7-24-8-5-17)14-26-21-6-9-25(3)13-20(21)19(11-15)23(18)26/h4,7-8,10-11,16-17,22H,5-6,9,12-14H2,1-3H3. The van der Waals surface area contributed by atoms with Crippen molar-refractivity contribution < 1.29 is 4.74 Å². The minimum Gasteiger partial charge on any atom is -0.372 e. The van der Waals surface area contributed by atoms with Crippen LogP contribution in [0.4, 0.5) is 0 Å². The minimum atomic E-state index is 0.205. The van der Waals surface area contributed by atoms with Crippen molar-refractivity contribution in [1.82, 2.24) is 9.47 Å². The third-order valence-corrected chi connectivity index (χ3v) is 6.42. The van der Waals surface area contributed by atoms with Crippen molar-refractivity contribution in [2.24, 2.45) is 10.9 Å². The summed E-state index contributed by atoms with van der Waals surface area (Å²) in [4.78, 5) is 6.71. The van der Waals surface area contributed by atoms with Crippen LogP contribution in [0, 0.1) is 12.8 Å². The molecule has 3 unspecified atom stereocenters. The molecule has 0 fully saturated rings. The summed E-state index contributed by atoms with van der Waals surface area (Å²) >= 11 is 0. The highest BCUT2D eigenvalue weighted by Gasteiger charge is 2.31. The molecule has 0 aliphatic carbocycles. The highest BCUT2D eigenvalue weighted by molar-refractivity contribution is 5.89. The van der Waals surface area contributed by atoms with Gasteiger partial charge in [-0.25, -0.2) is 0 Å². The van der Waals surface area contributed by atoms with Gasteiger partial charge in [0.15, 0.2) is 0 Å². The van der Waals surface area contributed by atoms with E-state index in [2.05, 4.69) is 53.6 Å². The summed E-state index contributed by atoms with van der Waals surface area (Å²) in [7, 11) is 2.24. The first-order valence-electron chi connectivity index (χ1n) is 10.3. The van der Waals surface area contributed by atoms with Crippen LogP contribution >= 0.6 is 0 Å². The van der Waals surface area contributed by atoms with Gasteiger partial charge in [0, 0.05) is 61.9 Å². The van der Waals surface area contributed by atoms with E-state index in [1.54, 1.807) is 0 Å². The second-order valence-electron chi connectivity index (χ2n) is 8.61. The van der Waals surface area contributed by atoms with E-state index in [9.17, 15) is 0 Å². The fraction of sp³-hybridized carbons (Fsp3) is 0.522. The number of likely N-dealkylation sites (N-methyl/N-ethyl adjacent to an activating group) is 1. The molecule has 4 nitrogen and oxygen atoms in total. The molecule has 0 saturated heterocycles. The fourth-order valence-electron chi connectivity index (χ4n) is 5.19. The van der Waals surface area contributed by atoms with Gasteiger partial charge in [-0.15, -0.1) is 0 Å². The van der Waals surface area contributed by atoms with Gasteiger partial charge in [-0.3, -0.25) is 4.99 Å². The number of hydrogen-bond acceptors (Lipinski definition) is 3. The van der Waals surface area contributed by atoms with E-state index in [1.807, 2.05) is 12.4 Å². The van der Waals surface area contributed by atoms with Crippen LogP contribution in [0.15, 0.2) is 29.4 Å². The molecule has 0 spiro atoms. The molecule has 4 heterocycles. The number of ether oxygens (including phenoxy) is 1. The summed E-state index contributed by atoms with van der Waals surface area (Å²) < 4.78 is 9.21. The summed E-state index contributed by atoms with van der Waals surface area (Å²) in [5.74, 6) is 0.413. The van der Waals surface area contributed by atoms with Crippen LogP contribution in [0.3, 0.4) is 0 Å². The van der Waals surface area contributed by atoms with Crippen LogP contribution in [0.1, 0.15) is 35.7 Å². The van der Waals surface area contributed by atoms with Crippen LogP contribution in [-0.4, -0.2) is 41.5 Å². The number of benzene rings is 1. The first-order valence-corrected chi connectivity index (χ1v) is 10.3. The summed E-state index contributed by atoms with van der Waals surface area (Å²) in [6.07, 6.45) is 9.73. The summed E-state index contributed by atoms with van der Waals surface area (Å²) in [6, 6.07) is 4.78.